The summed E-state index contributed by atoms with van der Waals surface area (Å²) in [7, 11) is 0. The van der Waals surface area contributed by atoms with Gasteiger partial charge in [0, 0.05) is 55.8 Å². The number of hydrogen-bond acceptors (Lipinski definition) is 3. The van der Waals surface area contributed by atoms with Gasteiger partial charge in [-0.15, -0.1) is 0 Å². The number of aromatic nitrogens is 1. The van der Waals surface area contributed by atoms with Crippen molar-refractivity contribution in [2.45, 2.75) is 38.5 Å². The SMILES string of the molecule is O=C(/C=C/c1cccc2cccnc12)N1CCN(C(=O)CCC2CCCC2)CC1. The summed E-state index contributed by atoms with van der Waals surface area (Å²) in [6.07, 6.45) is 12.1. The lowest BCUT2D eigenvalue weighted by Crippen LogP contribution is -2.50. The van der Waals surface area contributed by atoms with E-state index in [0.29, 0.717) is 32.6 Å². The molecular weight excluding hydrogens is 362 g/mol. The lowest BCUT2D eigenvalue weighted by atomic mass is 10.0. The maximum Gasteiger partial charge on any atom is 0.246 e. The van der Waals surface area contributed by atoms with E-state index in [4.69, 9.17) is 0 Å². The van der Waals surface area contributed by atoms with Gasteiger partial charge in [0.2, 0.25) is 11.8 Å². The standard InChI is InChI=1S/C24H29N3O2/c28-22(12-10-19-5-1-2-6-19)26-15-17-27(18-16-26)23(29)13-11-21-8-3-7-20-9-4-14-25-24(20)21/h3-4,7-9,11,13-14,19H,1-2,5-6,10,12,15-18H2/b13-11+. The van der Waals surface area contributed by atoms with Crippen molar-refractivity contribution in [2.24, 2.45) is 5.92 Å². The van der Waals surface area contributed by atoms with Gasteiger partial charge in [-0.1, -0.05) is 49.9 Å². The summed E-state index contributed by atoms with van der Waals surface area (Å²) in [4.78, 5) is 33.3. The van der Waals surface area contributed by atoms with E-state index in [0.717, 1.165) is 28.8 Å². The Kier molecular flexibility index (Phi) is 6.23. The summed E-state index contributed by atoms with van der Waals surface area (Å²) in [5.41, 5.74) is 1.84. The van der Waals surface area contributed by atoms with Crippen LogP contribution < -0.4 is 0 Å². The van der Waals surface area contributed by atoms with Gasteiger partial charge in [-0.25, -0.2) is 0 Å². The molecule has 2 aromatic rings. The number of hydrogen-bond donors (Lipinski definition) is 0. The zero-order valence-electron chi connectivity index (χ0n) is 16.9. The zero-order chi connectivity index (χ0) is 20.1. The second-order valence-corrected chi connectivity index (χ2v) is 8.15. The molecule has 1 aromatic heterocycles. The van der Waals surface area contributed by atoms with Gasteiger partial charge >= 0.3 is 0 Å². The van der Waals surface area contributed by atoms with Gasteiger partial charge in [0.1, 0.15) is 0 Å². The van der Waals surface area contributed by atoms with Gasteiger partial charge in [-0.3, -0.25) is 14.6 Å². The van der Waals surface area contributed by atoms with Crippen LogP contribution >= 0.6 is 0 Å². The molecule has 29 heavy (non-hydrogen) atoms. The number of para-hydroxylation sites is 1. The van der Waals surface area contributed by atoms with Crippen LogP contribution in [0.15, 0.2) is 42.6 Å². The molecule has 2 aliphatic rings. The maximum absolute atomic E-state index is 12.6. The van der Waals surface area contributed by atoms with Crippen LogP contribution in [0.2, 0.25) is 0 Å². The molecule has 1 aliphatic heterocycles. The quantitative estimate of drug-likeness (QED) is 0.727. The number of carbonyl (C=O) groups excluding carboxylic acids is 2. The van der Waals surface area contributed by atoms with E-state index >= 15 is 0 Å². The van der Waals surface area contributed by atoms with E-state index in [9.17, 15) is 9.59 Å². The molecule has 1 aliphatic carbocycles. The average Bonchev–Trinajstić information content (AvgIpc) is 3.29. The van der Waals surface area contributed by atoms with Crippen molar-refractivity contribution in [2.75, 3.05) is 26.2 Å². The second-order valence-electron chi connectivity index (χ2n) is 8.15. The Morgan fingerprint density at radius 1 is 1.00 bits per heavy atom. The van der Waals surface area contributed by atoms with E-state index in [1.54, 1.807) is 12.3 Å². The van der Waals surface area contributed by atoms with Gasteiger partial charge < -0.3 is 9.80 Å². The first-order valence-electron chi connectivity index (χ1n) is 10.8. The van der Waals surface area contributed by atoms with E-state index < -0.39 is 0 Å². The van der Waals surface area contributed by atoms with Crippen molar-refractivity contribution in [3.8, 4) is 0 Å². The zero-order valence-corrected chi connectivity index (χ0v) is 16.9. The Bertz CT molecular complexity index is 889. The summed E-state index contributed by atoms with van der Waals surface area (Å²) in [5, 5.41) is 1.06. The number of amides is 2. The summed E-state index contributed by atoms with van der Waals surface area (Å²) in [6, 6.07) is 9.90. The highest BCUT2D eigenvalue weighted by Crippen LogP contribution is 2.28. The van der Waals surface area contributed by atoms with Gasteiger partial charge in [0.05, 0.1) is 5.52 Å². The Morgan fingerprint density at radius 2 is 1.72 bits per heavy atom. The van der Waals surface area contributed by atoms with Gasteiger partial charge in [-0.2, -0.15) is 0 Å². The van der Waals surface area contributed by atoms with Crippen molar-refractivity contribution in [1.82, 2.24) is 14.8 Å². The van der Waals surface area contributed by atoms with Crippen molar-refractivity contribution in [3.63, 3.8) is 0 Å². The lowest BCUT2D eigenvalue weighted by molar-refractivity contribution is -0.137. The minimum atomic E-state index is -0.00371. The van der Waals surface area contributed by atoms with E-state index in [1.165, 1.54) is 25.7 Å². The first kappa shape index (κ1) is 19.6. The topological polar surface area (TPSA) is 53.5 Å². The molecular formula is C24H29N3O2. The predicted molar refractivity (Wildman–Crippen MR) is 115 cm³/mol. The first-order valence-corrected chi connectivity index (χ1v) is 10.8. The molecule has 1 saturated carbocycles. The van der Waals surface area contributed by atoms with Gasteiger partial charge in [0.25, 0.3) is 0 Å². The molecule has 0 radical (unpaired) electrons. The fourth-order valence-electron chi connectivity index (χ4n) is 4.49. The van der Waals surface area contributed by atoms with Crippen molar-refractivity contribution in [3.05, 3.63) is 48.2 Å². The summed E-state index contributed by atoms with van der Waals surface area (Å²) >= 11 is 0. The number of carbonyl (C=O) groups is 2. The molecule has 0 unspecified atom stereocenters. The molecule has 4 rings (SSSR count). The predicted octanol–water partition coefficient (Wildman–Crippen LogP) is 3.89. The number of fused-ring (bicyclic) bond motifs is 1. The van der Waals surface area contributed by atoms with Crippen LogP contribution in [0.4, 0.5) is 0 Å². The van der Waals surface area contributed by atoms with Crippen LogP contribution in [0, 0.1) is 5.92 Å². The van der Waals surface area contributed by atoms with Gasteiger partial charge in [0.15, 0.2) is 0 Å². The highest BCUT2D eigenvalue weighted by atomic mass is 16.2. The molecule has 2 heterocycles. The van der Waals surface area contributed by atoms with Crippen molar-refractivity contribution in [1.29, 1.82) is 0 Å². The van der Waals surface area contributed by atoms with E-state index in [1.807, 2.05) is 46.2 Å². The lowest BCUT2D eigenvalue weighted by Gasteiger charge is -2.34. The number of pyridine rings is 1. The monoisotopic (exact) mass is 391 g/mol. The smallest absolute Gasteiger partial charge is 0.246 e. The third kappa shape index (κ3) is 4.84. The van der Waals surface area contributed by atoms with Crippen LogP contribution in [0.1, 0.15) is 44.1 Å². The molecule has 0 spiro atoms. The largest absolute Gasteiger partial charge is 0.339 e. The van der Waals surface area contributed by atoms with Crippen molar-refractivity contribution >= 4 is 28.8 Å². The van der Waals surface area contributed by atoms with Crippen LogP contribution in [0.25, 0.3) is 17.0 Å². The minimum absolute atomic E-state index is 0.00371. The average molecular weight is 392 g/mol. The molecule has 2 amide bonds. The Hall–Kier alpha value is -2.69. The van der Waals surface area contributed by atoms with Crippen LogP contribution in [-0.2, 0) is 9.59 Å². The fraction of sp³-hybridized carbons (Fsp3) is 0.458. The molecule has 0 N–H and O–H groups in total. The maximum atomic E-state index is 12.6. The third-order valence-corrected chi connectivity index (χ3v) is 6.25. The first-order chi connectivity index (χ1) is 14.2. The second kappa shape index (κ2) is 9.21. The number of benzene rings is 1. The summed E-state index contributed by atoms with van der Waals surface area (Å²) in [6.45, 7) is 2.48. The van der Waals surface area contributed by atoms with E-state index in [-0.39, 0.29) is 11.8 Å². The molecule has 0 atom stereocenters. The molecule has 1 aromatic carbocycles. The Morgan fingerprint density at radius 3 is 2.52 bits per heavy atom. The van der Waals surface area contributed by atoms with Crippen LogP contribution in [-0.4, -0.2) is 52.8 Å². The molecule has 0 bridgehead atoms. The Labute approximate surface area is 172 Å². The van der Waals surface area contributed by atoms with E-state index in [2.05, 4.69) is 4.98 Å². The number of rotatable bonds is 5. The molecule has 1 saturated heterocycles. The minimum Gasteiger partial charge on any atom is -0.339 e. The molecule has 2 fully saturated rings. The normalized spacial score (nSPS) is 18.1. The highest BCUT2D eigenvalue weighted by Gasteiger charge is 2.24. The van der Waals surface area contributed by atoms with Crippen LogP contribution in [0.3, 0.4) is 0 Å². The van der Waals surface area contributed by atoms with Crippen molar-refractivity contribution < 1.29 is 9.59 Å². The highest BCUT2D eigenvalue weighted by molar-refractivity contribution is 5.95. The molecule has 152 valence electrons. The molecule has 5 nitrogen and oxygen atoms in total. The third-order valence-electron chi connectivity index (χ3n) is 6.25. The van der Waals surface area contributed by atoms with Crippen LogP contribution in [0.5, 0.6) is 0 Å². The van der Waals surface area contributed by atoms with Gasteiger partial charge in [-0.05, 0) is 24.5 Å². The molecule has 5 heteroatoms. The Balaban J connectivity index is 1.28. The summed E-state index contributed by atoms with van der Waals surface area (Å²) in [5.74, 6) is 0.993. The fourth-order valence-corrected chi connectivity index (χ4v) is 4.49. The summed E-state index contributed by atoms with van der Waals surface area (Å²) < 4.78 is 0. The number of nitrogens with zero attached hydrogens (tertiary/aromatic N) is 3. The number of piperazine rings is 1.